The largest absolute Gasteiger partial charge is 0.310 e. The number of guanidine groups is 1. The molecule has 0 saturated heterocycles. The number of hydrogen-bond acceptors (Lipinski definition) is 3. The Morgan fingerprint density at radius 3 is 1.84 bits per heavy atom. The smallest absolute Gasteiger partial charge is 0.226 e. The first-order valence-corrected chi connectivity index (χ1v) is 23.4. The molecule has 0 N–H and O–H groups in total. The Hall–Kier alpha value is -7.34. The second kappa shape index (κ2) is 14.4. The van der Waals surface area contributed by atoms with Crippen LogP contribution in [-0.2, 0) is 0 Å². The number of hydrogen-bond donors (Lipinski definition) is 0. The van der Waals surface area contributed by atoms with Crippen LogP contribution < -0.4 is 36.2 Å². The molecule has 0 amide bonds. The highest BCUT2D eigenvalue weighted by molar-refractivity contribution is 7.19. The molecule has 2 aliphatic heterocycles. The van der Waals surface area contributed by atoms with E-state index in [1.54, 1.807) is 0 Å². The van der Waals surface area contributed by atoms with E-state index >= 15 is 0 Å². The fraction of sp³-hybridized carbons (Fsp3) is 0.0714. The van der Waals surface area contributed by atoms with E-state index in [1.807, 2.05) is 0 Å². The molecule has 3 aliphatic rings. The maximum absolute atomic E-state index is 5.59. The Labute approximate surface area is 356 Å². The molecule has 4 nitrogen and oxygen atoms in total. The Kier molecular flexibility index (Phi) is 8.42. The minimum Gasteiger partial charge on any atom is -0.310 e. The van der Waals surface area contributed by atoms with Crippen molar-refractivity contribution < 1.29 is 0 Å². The molecule has 1 aliphatic carbocycles. The minimum atomic E-state index is -2.72. The van der Waals surface area contributed by atoms with Crippen LogP contribution in [0.4, 0.5) is 5.69 Å². The predicted octanol–water partition coefficient (Wildman–Crippen LogP) is 7.96. The van der Waals surface area contributed by atoms with Crippen molar-refractivity contribution in [2.75, 3.05) is 11.4 Å². The summed E-state index contributed by atoms with van der Waals surface area (Å²) >= 11 is 0. The molecule has 61 heavy (non-hydrogen) atoms. The third kappa shape index (κ3) is 5.58. The maximum Gasteiger partial charge on any atom is 0.226 e. The van der Waals surface area contributed by atoms with E-state index in [0.29, 0.717) is 6.54 Å². The lowest BCUT2D eigenvalue weighted by Crippen LogP contribution is -2.74. The SMILES string of the molecule is C1=c2c(n(-c3ccccc3)c3ccccc23)=CC2C1c1c(ccc3ccccc13)N2C1=NCCC(c2cccc([Si-](c3ccccc3)(c3ccccc3)c3ccccc3)c2)=N1. The van der Waals surface area contributed by atoms with E-state index in [2.05, 4.69) is 228 Å². The van der Waals surface area contributed by atoms with Gasteiger partial charge in [0.2, 0.25) is 5.96 Å². The fourth-order valence-corrected chi connectivity index (χ4v) is 15.4. The molecule has 2 atom stereocenters. The Morgan fingerprint density at radius 2 is 1.13 bits per heavy atom. The Bertz CT molecular complexity index is 3220. The zero-order chi connectivity index (χ0) is 40.3. The van der Waals surface area contributed by atoms with Crippen LogP contribution >= 0.6 is 0 Å². The second-order valence-electron chi connectivity index (χ2n) is 16.3. The highest BCUT2D eigenvalue weighted by Gasteiger charge is 2.42. The van der Waals surface area contributed by atoms with Crippen molar-refractivity contribution in [1.29, 1.82) is 0 Å². The number of para-hydroxylation sites is 2. The van der Waals surface area contributed by atoms with Gasteiger partial charge in [-0.1, -0.05) is 188 Å². The molecule has 3 heterocycles. The number of fused-ring (bicyclic) bond motifs is 8. The van der Waals surface area contributed by atoms with E-state index in [9.17, 15) is 0 Å². The van der Waals surface area contributed by atoms with Gasteiger partial charge in [-0.25, -0.2) is 4.99 Å². The lowest BCUT2D eigenvalue weighted by Gasteiger charge is -2.47. The van der Waals surface area contributed by atoms with Gasteiger partial charge in [0, 0.05) is 40.9 Å². The van der Waals surface area contributed by atoms with E-state index < -0.39 is 8.07 Å². The van der Waals surface area contributed by atoms with E-state index in [1.165, 1.54) is 64.2 Å². The summed E-state index contributed by atoms with van der Waals surface area (Å²) in [6.45, 7) is 0.674. The number of rotatable bonds is 6. The van der Waals surface area contributed by atoms with Crippen LogP contribution in [0.15, 0.2) is 216 Å². The predicted molar refractivity (Wildman–Crippen MR) is 258 cm³/mol. The topological polar surface area (TPSA) is 32.9 Å². The van der Waals surface area contributed by atoms with Gasteiger partial charge < -0.3 is 9.47 Å². The quantitative estimate of drug-likeness (QED) is 0.124. The zero-order valence-corrected chi connectivity index (χ0v) is 34.6. The minimum absolute atomic E-state index is 0.0115. The third-order valence-electron chi connectivity index (χ3n) is 13.1. The van der Waals surface area contributed by atoms with Gasteiger partial charge in [0.05, 0.1) is 22.6 Å². The summed E-state index contributed by atoms with van der Waals surface area (Å²) in [5.74, 6) is 0.897. The molecule has 0 radical (unpaired) electrons. The third-order valence-corrected chi connectivity index (χ3v) is 17.9. The summed E-state index contributed by atoms with van der Waals surface area (Å²) in [6.07, 6.45) is 5.80. The molecule has 0 fully saturated rings. The lowest BCUT2D eigenvalue weighted by atomic mass is 9.87. The summed E-state index contributed by atoms with van der Waals surface area (Å²) in [6, 6.07) is 75.8. The zero-order valence-electron chi connectivity index (χ0n) is 33.6. The number of anilines is 1. The number of benzene rings is 8. The average molecular weight is 799 g/mol. The monoisotopic (exact) mass is 798 g/mol. The summed E-state index contributed by atoms with van der Waals surface area (Å²) in [5.41, 5.74) is 7.14. The molecule has 9 aromatic rings. The van der Waals surface area contributed by atoms with E-state index in [-0.39, 0.29) is 12.0 Å². The Balaban J connectivity index is 1.04. The van der Waals surface area contributed by atoms with Gasteiger partial charge in [-0.15, -0.1) is 0 Å². The van der Waals surface area contributed by atoms with Crippen LogP contribution in [0, 0.1) is 0 Å². The average Bonchev–Trinajstić information content (AvgIpc) is 3.84. The standard InChI is InChI=1S/C56H42N4Si/c1-5-20-41(21-6-1)59-51-31-16-15-30-47(51)48-37-49-54(38-53(48)59)60(52-33-32-39-18-13-14-29-46(39)55(49)52)56-57-35-34-50(58-56)40-19-17-28-45(36-40)61(42-22-7-2-8-23-42,43-24-9-3-10-25-43)44-26-11-4-12-27-44/h1-33,36-38,49,54H,34-35H2/q-1. The summed E-state index contributed by atoms with van der Waals surface area (Å²) in [7, 11) is -2.72. The molecule has 12 rings (SSSR count). The van der Waals surface area contributed by atoms with Gasteiger partial charge in [-0.05, 0) is 60.3 Å². The normalized spacial score (nSPS) is 16.8. The maximum atomic E-state index is 5.59. The molecule has 1 aromatic heterocycles. The van der Waals surface area contributed by atoms with Gasteiger partial charge in [-0.3, -0.25) is 4.99 Å². The van der Waals surface area contributed by atoms with E-state index in [4.69, 9.17) is 9.98 Å². The first-order chi connectivity index (χ1) is 30.3. The molecular formula is C56H42N4Si-. The van der Waals surface area contributed by atoms with Crippen molar-refractivity contribution in [3.8, 4) is 5.69 Å². The van der Waals surface area contributed by atoms with Crippen LogP contribution in [0.5, 0.6) is 0 Å². The molecule has 5 heteroatoms. The van der Waals surface area contributed by atoms with Crippen LogP contribution in [-0.4, -0.2) is 36.9 Å². The van der Waals surface area contributed by atoms with Gasteiger partial charge >= 0.3 is 0 Å². The van der Waals surface area contributed by atoms with Gasteiger partial charge in [0.1, 0.15) is 0 Å². The van der Waals surface area contributed by atoms with Gasteiger partial charge in [0.25, 0.3) is 0 Å². The fourth-order valence-electron chi connectivity index (χ4n) is 10.6. The first-order valence-electron chi connectivity index (χ1n) is 21.4. The highest BCUT2D eigenvalue weighted by atomic mass is 28.3. The molecule has 0 spiro atoms. The van der Waals surface area contributed by atoms with Crippen molar-refractivity contribution in [3.05, 3.63) is 228 Å². The second-order valence-corrected chi connectivity index (χ2v) is 20.2. The number of nitrogens with zero attached hydrogens (tertiary/aromatic N) is 4. The van der Waals surface area contributed by atoms with Crippen molar-refractivity contribution in [2.24, 2.45) is 9.98 Å². The van der Waals surface area contributed by atoms with Crippen molar-refractivity contribution in [2.45, 2.75) is 18.4 Å². The number of aromatic nitrogens is 1. The van der Waals surface area contributed by atoms with Crippen molar-refractivity contribution in [3.63, 3.8) is 0 Å². The van der Waals surface area contributed by atoms with Gasteiger partial charge in [-0.2, -0.15) is 20.7 Å². The van der Waals surface area contributed by atoms with Crippen LogP contribution in [0.2, 0.25) is 0 Å². The molecular weight excluding hydrogens is 757 g/mol. The summed E-state index contributed by atoms with van der Waals surface area (Å²) < 4.78 is 2.43. The molecule has 0 saturated carbocycles. The van der Waals surface area contributed by atoms with Crippen molar-refractivity contribution in [1.82, 2.24) is 4.57 Å². The van der Waals surface area contributed by atoms with Gasteiger partial charge in [0.15, 0.2) is 0 Å². The molecule has 8 aromatic carbocycles. The van der Waals surface area contributed by atoms with E-state index in [0.717, 1.165) is 29.3 Å². The van der Waals surface area contributed by atoms with Crippen LogP contribution in [0.25, 0.3) is 39.5 Å². The molecule has 2 unspecified atom stereocenters. The van der Waals surface area contributed by atoms with Crippen molar-refractivity contribution >= 4 is 80.0 Å². The Morgan fingerprint density at radius 1 is 0.525 bits per heavy atom. The first kappa shape index (κ1) is 35.6. The lowest BCUT2D eigenvalue weighted by molar-refractivity contribution is 0.801. The highest BCUT2D eigenvalue weighted by Crippen LogP contribution is 2.47. The summed E-state index contributed by atoms with van der Waals surface area (Å²) in [5, 5.41) is 11.7. The van der Waals surface area contributed by atoms with Crippen LogP contribution in [0.3, 0.4) is 0 Å². The van der Waals surface area contributed by atoms with Crippen LogP contribution in [0.1, 0.15) is 23.5 Å². The number of aliphatic imine (C=N–C) groups is 2. The molecule has 0 bridgehead atoms. The summed E-state index contributed by atoms with van der Waals surface area (Å²) in [4.78, 5) is 13.3. The molecule has 291 valence electrons.